The second-order valence-electron chi connectivity index (χ2n) is 8.04. The second kappa shape index (κ2) is 9.86. The van der Waals surface area contributed by atoms with E-state index in [2.05, 4.69) is 30.7 Å². The van der Waals surface area contributed by atoms with Crippen LogP contribution in [0.3, 0.4) is 0 Å². The van der Waals surface area contributed by atoms with Crippen molar-refractivity contribution in [2.24, 2.45) is 22.7 Å². The average molecular weight is 374 g/mol. The zero-order valence-electron chi connectivity index (χ0n) is 17.7. The minimum absolute atomic E-state index is 0.0155. The van der Waals surface area contributed by atoms with Gasteiger partial charge in [-0.25, -0.2) is 0 Å². The van der Waals surface area contributed by atoms with Crippen molar-refractivity contribution in [1.82, 2.24) is 4.98 Å². The lowest BCUT2D eigenvalue weighted by Gasteiger charge is -2.37. The average Bonchev–Trinajstić information content (AvgIpc) is 2.62. The van der Waals surface area contributed by atoms with E-state index in [1.165, 1.54) is 6.42 Å². The number of pyridine rings is 1. The lowest BCUT2D eigenvalue weighted by molar-refractivity contribution is -0.154. The van der Waals surface area contributed by atoms with Gasteiger partial charge in [0.2, 0.25) is 0 Å². The van der Waals surface area contributed by atoms with Crippen LogP contribution in [0.1, 0.15) is 59.1 Å². The first-order valence-corrected chi connectivity index (χ1v) is 10.2. The van der Waals surface area contributed by atoms with E-state index in [9.17, 15) is 4.79 Å². The van der Waals surface area contributed by atoms with Crippen molar-refractivity contribution >= 4 is 17.5 Å². The van der Waals surface area contributed by atoms with Gasteiger partial charge in [0.05, 0.1) is 11.4 Å². The van der Waals surface area contributed by atoms with Gasteiger partial charge in [-0.2, -0.15) is 0 Å². The zero-order valence-corrected chi connectivity index (χ0v) is 17.7. The topological polar surface area (TPSA) is 54.8 Å². The Morgan fingerprint density at radius 1 is 1.41 bits per heavy atom. The van der Waals surface area contributed by atoms with Crippen LogP contribution in [0.15, 0.2) is 23.3 Å². The number of carbonyl (C=O) groups is 1. The largest absolute Gasteiger partial charge is 0.461 e. The molecule has 0 radical (unpaired) electrons. The number of rotatable bonds is 6. The number of aryl methyl sites for hydroxylation is 1. The lowest BCUT2D eigenvalue weighted by atomic mass is 9.75. The third kappa shape index (κ3) is 5.53. The molecule has 0 N–H and O–H groups in total. The van der Waals surface area contributed by atoms with E-state index in [4.69, 9.17) is 4.74 Å². The number of nitrogens with zero attached hydrogens (tertiary/aromatic N) is 3. The number of anilines is 1. The highest BCUT2D eigenvalue weighted by molar-refractivity contribution is 6.01. The maximum atomic E-state index is 12.9. The molecule has 150 valence electrons. The number of hydrogen-bond donors (Lipinski definition) is 0. The maximum Gasteiger partial charge on any atom is 0.326 e. The Balaban J connectivity index is 2.17. The SMILES string of the molecule is CCC(=NC)N(CC(=O)O[C@@H]1C[C@H](C)CC[C@H]1C(C)C)c1cccnc1C. The zero-order chi connectivity index (χ0) is 20.0. The molecular formula is C22H35N3O2. The molecule has 0 amide bonds. The fraction of sp³-hybridized carbons (Fsp3) is 0.682. The van der Waals surface area contributed by atoms with Crippen LogP contribution in [-0.2, 0) is 9.53 Å². The third-order valence-electron chi connectivity index (χ3n) is 5.69. The number of aromatic nitrogens is 1. The van der Waals surface area contributed by atoms with Gasteiger partial charge in [-0.05, 0) is 49.7 Å². The fourth-order valence-corrected chi connectivity index (χ4v) is 4.13. The second-order valence-corrected chi connectivity index (χ2v) is 8.04. The first-order valence-electron chi connectivity index (χ1n) is 10.2. The van der Waals surface area contributed by atoms with E-state index in [0.29, 0.717) is 17.8 Å². The lowest BCUT2D eigenvalue weighted by Crippen LogP contribution is -2.41. The van der Waals surface area contributed by atoms with Gasteiger partial charge in [0.15, 0.2) is 0 Å². The smallest absolute Gasteiger partial charge is 0.326 e. The molecule has 0 unspecified atom stereocenters. The van der Waals surface area contributed by atoms with E-state index in [0.717, 1.165) is 36.5 Å². The summed E-state index contributed by atoms with van der Waals surface area (Å²) in [6.45, 7) is 10.9. The number of carbonyl (C=O) groups excluding carboxylic acids is 1. The highest BCUT2D eigenvalue weighted by Gasteiger charge is 2.34. The molecule has 0 spiro atoms. The predicted molar refractivity (Wildman–Crippen MR) is 111 cm³/mol. The highest BCUT2D eigenvalue weighted by atomic mass is 16.5. The van der Waals surface area contributed by atoms with Gasteiger partial charge >= 0.3 is 5.97 Å². The fourth-order valence-electron chi connectivity index (χ4n) is 4.13. The molecule has 1 aliphatic rings. The molecule has 0 aliphatic heterocycles. The molecule has 5 heteroatoms. The quantitative estimate of drug-likeness (QED) is 0.414. The maximum absolute atomic E-state index is 12.9. The summed E-state index contributed by atoms with van der Waals surface area (Å²) < 4.78 is 6.01. The van der Waals surface area contributed by atoms with E-state index in [1.807, 2.05) is 30.9 Å². The van der Waals surface area contributed by atoms with Crippen LogP contribution >= 0.6 is 0 Å². The summed E-state index contributed by atoms with van der Waals surface area (Å²) in [5.41, 5.74) is 1.79. The van der Waals surface area contributed by atoms with Crippen LogP contribution < -0.4 is 4.90 Å². The molecular weight excluding hydrogens is 338 g/mol. The Morgan fingerprint density at radius 3 is 2.74 bits per heavy atom. The Morgan fingerprint density at radius 2 is 2.15 bits per heavy atom. The third-order valence-corrected chi connectivity index (χ3v) is 5.69. The molecule has 3 atom stereocenters. The summed E-state index contributed by atoms with van der Waals surface area (Å²) in [6.07, 6.45) is 5.84. The van der Waals surface area contributed by atoms with Crippen molar-refractivity contribution in [1.29, 1.82) is 0 Å². The van der Waals surface area contributed by atoms with E-state index < -0.39 is 0 Å². The summed E-state index contributed by atoms with van der Waals surface area (Å²) >= 11 is 0. The van der Waals surface area contributed by atoms with Gasteiger partial charge < -0.3 is 9.64 Å². The van der Waals surface area contributed by atoms with Crippen molar-refractivity contribution in [2.75, 3.05) is 18.5 Å². The molecule has 5 nitrogen and oxygen atoms in total. The summed E-state index contributed by atoms with van der Waals surface area (Å²) in [5.74, 6) is 2.26. The number of hydrogen-bond acceptors (Lipinski definition) is 4. The number of ether oxygens (including phenoxy) is 1. The summed E-state index contributed by atoms with van der Waals surface area (Å²) in [6, 6.07) is 3.87. The van der Waals surface area contributed by atoms with Crippen molar-refractivity contribution < 1.29 is 9.53 Å². The summed E-state index contributed by atoms with van der Waals surface area (Å²) in [4.78, 5) is 23.6. The summed E-state index contributed by atoms with van der Waals surface area (Å²) in [7, 11) is 1.76. The van der Waals surface area contributed by atoms with Crippen LogP contribution in [0.2, 0.25) is 0 Å². The Labute approximate surface area is 164 Å². The summed E-state index contributed by atoms with van der Waals surface area (Å²) in [5, 5.41) is 0. The molecule has 1 saturated carbocycles. The van der Waals surface area contributed by atoms with Crippen molar-refractivity contribution in [3.8, 4) is 0 Å². The minimum Gasteiger partial charge on any atom is -0.461 e. The van der Waals surface area contributed by atoms with Crippen LogP contribution in [0.4, 0.5) is 5.69 Å². The predicted octanol–water partition coefficient (Wildman–Crippen LogP) is 4.64. The van der Waals surface area contributed by atoms with Crippen LogP contribution in [0, 0.1) is 24.7 Å². The number of amidine groups is 1. The van der Waals surface area contributed by atoms with Gasteiger partial charge in [0.25, 0.3) is 0 Å². The molecule has 2 rings (SSSR count). The molecule has 0 saturated heterocycles. The first kappa shape index (κ1) is 21.4. The molecule has 1 fully saturated rings. The van der Waals surface area contributed by atoms with E-state index >= 15 is 0 Å². The molecule has 0 aromatic carbocycles. The first-order chi connectivity index (χ1) is 12.9. The van der Waals surface area contributed by atoms with Gasteiger partial charge in [0.1, 0.15) is 18.5 Å². The molecule has 1 aromatic rings. The molecule has 1 heterocycles. The monoisotopic (exact) mass is 373 g/mol. The Hall–Kier alpha value is -1.91. The number of aliphatic imine (C=N–C) groups is 1. The Bertz CT molecular complexity index is 657. The van der Waals surface area contributed by atoms with E-state index in [1.54, 1.807) is 13.2 Å². The number of esters is 1. The van der Waals surface area contributed by atoms with Gasteiger partial charge in [-0.15, -0.1) is 0 Å². The van der Waals surface area contributed by atoms with E-state index in [-0.39, 0.29) is 18.6 Å². The Kier molecular flexibility index (Phi) is 7.81. The van der Waals surface area contributed by atoms with Crippen LogP contribution in [0.25, 0.3) is 0 Å². The minimum atomic E-state index is -0.183. The molecule has 1 aromatic heterocycles. The van der Waals surface area contributed by atoms with Crippen LogP contribution in [-0.4, -0.2) is 36.5 Å². The standard InChI is InChI=1S/C22H35N3O2/c1-7-21(23-6)25(19-9-8-12-24-17(19)5)14-22(26)27-20-13-16(4)10-11-18(20)15(2)3/h8-9,12,15-16,18,20H,7,10-11,13-14H2,1-6H3/t16-,18+,20-/m1/s1. The molecule has 1 aliphatic carbocycles. The highest BCUT2D eigenvalue weighted by Crippen LogP contribution is 2.35. The van der Waals surface area contributed by atoms with Crippen molar-refractivity contribution in [3.63, 3.8) is 0 Å². The molecule has 0 bridgehead atoms. The van der Waals surface area contributed by atoms with Crippen molar-refractivity contribution in [3.05, 3.63) is 24.0 Å². The van der Waals surface area contributed by atoms with Gasteiger partial charge in [-0.1, -0.05) is 34.1 Å². The van der Waals surface area contributed by atoms with Crippen LogP contribution in [0.5, 0.6) is 0 Å². The van der Waals surface area contributed by atoms with Gasteiger partial charge in [0, 0.05) is 19.7 Å². The molecule has 27 heavy (non-hydrogen) atoms. The van der Waals surface area contributed by atoms with Crippen molar-refractivity contribution in [2.45, 2.75) is 66.4 Å². The van der Waals surface area contributed by atoms with Gasteiger partial charge in [-0.3, -0.25) is 14.8 Å². The normalized spacial score (nSPS) is 23.4.